The molecule has 0 radical (unpaired) electrons. The molecule has 2 rings (SSSR count). The van der Waals surface area contributed by atoms with Gasteiger partial charge >= 0.3 is 0 Å². The average Bonchev–Trinajstić information content (AvgIpc) is 2.99. The van der Waals surface area contributed by atoms with E-state index in [0.29, 0.717) is 17.4 Å². The summed E-state index contributed by atoms with van der Waals surface area (Å²) < 4.78 is 0. The van der Waals surface area contributed by atoms with Crippen molar-refractivity contribution in [2.24, 2.45) is 11.1 Å². The molecule has 1 fully saturated rings. The molecule has 0 heterocycles. The Morgan fingerprint density at radius 1 is 1.14 bits per heavy atom. The Hall–Kier alpha value is -0.820. The molecular formula is C13H19N. The van der Waals surface area contributed by atoms with Gasteiger partial charge in [0.15, 0.2) is 0 Å². The molecule has 1 aliphatic carbocycles. The highest BCUT2D eigenvalue weighted by atomic mass is 14.7. The lowest BCUT2D eigenvalue weighted by molar-refractivity contribution is 0.356. The summed E-state index contributed by atoms with van der Waals surface area (Å²) in [6.45, 7) is 4.46. The van der Waals surface area contributed by atoms with E-state index in [-0.39, 0.29) is 0 Å². The van der Waals surface area contributed by atoms with Crippen molar-refractivity contribution in [1.29, 1.82) is 0 Å². The van der Waals surface area contributed by atoms with Crippen molar-refractivity contribution in [3.8, 4) is 0 Å². The average molecular weight is 189 g/mol. The third kappa shape index (κ3) is 1.46. The summed E-state index contributed by atoms with van der Waals surface area (Å²) in [6.07, 6.45) is 2.58. The Morgan fingerprint density at radius 2 is 1.71 bits per heavy atom. The van der Waals surface area contributed by atoms with Crippen LogP contribution in [0.4, 0.5) is 0 Å². The lowest BCUT2D eigenvalue weighted by atomic mass is 9.80. The predicted molar refractivity (Wildman–Crippen MR) is 60.2 cm³/mol. The molecule has 0 aromatic heterocycles. The standard InChI is InChI=1S/C13H19N/c1-10(12-6-4-3-5-7-12)13(8-9-13)11(2)14/h3-7,10-11H,8-9,14H2,1-2H3. The van der Waals surface area contributed by atoms with Crippen molar-refractivity contribution in [2.45, 2.75) is 38.6 Å². The van der Waals surface area contributed by atoms with Crippen molar-refractivity contribution in [3.63, 3.8) is 0 Å². The van der Waals surface area contributed by atoms with Crippen LogP contribution >= 0.6 is 0 Å². The van der Waals surface area contributed by atoms with E-state index in [4.69, 9.17) is 5.73 Å². The highest BCUT2D eigenvalue weighted by Crippen LogP contribution is 2.57. The smallest absolute Gasteiger partial charge is 0.00727 e. The molecule has 14 heavy (non-hydrogen) atoms. The van der Waals surface area contributed by atoms with Gasteiger partial charge in [0.05, 0.1) is 0 Å². The van der Waals surface area contributed by atoms with Crippen molar-refractivity contribution < 1.29 is 0 Å². The third-order valence-electron chi connectivity index (χ3n) is 3.90. The van der Waals surface area contributed by atoms with E-state index in [9.17, 15) is 0 Å². The maximum Gasteiger partial charge on any atom is 0.00727 e. The molecule has 1 aromatic carbocycles. The van der Waals surface area contributed by atoms with Gasteiger partial charge in [0.25, 0.3) is 0 Å². The zero-order valence-corrected chi connectivity index (χ0v) is 9.03. The molecule has 1 aromatic rings. The number of hydrogen-bond acceptors (Lipinski definition) is 1. The molecule has 76 valence electrons. The zero-order valence-electron chi connectivity index (χ0n) is 9.03. The van der Waals surface area contributed by atoms with E-state index >= 15 is 0 Å². The van der Waals surface area contributed by atoms with Gasteiger partial charge in [-0.25, -0.2) is 0 Å². The minimum absolute atomic E-state index is 0.317. The first-order chi connectivity index (χ1) is 6.67. The molecule has 1 nitrogen and oxygen atoms in total. The number of rotatable bonds is 3. The van der Waals surface area contributed by atoms with Gasteiger partial charge in [0, 0.05) is 6.04 Å². The molecular weight excluding hydrogens is 170 g/mol. The van der Waals surface area contributed by atoms with Gasteiger partial charge < -0.3 is 5.73 Å². The number of nitrogens with two attached hydrogens (primary N) is 1. The summed E-state index contributed by atoms with van der Waals surface area (Å²) in [4.78, 5) is 0. The molecule has 0 spiro atoms. The second kappa shape index (κ2) is 3.39. The minimum Gasteiger partial charge on any atom is -0.327 e. The van der Waals surface area contributed by atoms with Gasteiger partial charge in [-0.2, -0.15) is 0 Å². The van der Waals surface area contributed by atoms with Gasteiger partial charge in [0.1, 0.15) is 0 Å². The van der Waals surface area contributed by atoms with Crippen molar-refractivity contribution >= 4 is 0 Å². The van der Waals surface area contributed by atoms with Gasteiger partial charge in [-0.3, -0.25) is 0 Å². The van der Waals surface area contributed by atoms with Crippen LogP contribution in [-0.2, 0) is 0 Å². The quantitative estimate of drug-likeness (QED) is 0.777. The summed E-state index contributed by atoms with van der Waals surface area (Å²) in [5.41, 5.74) is 7.89. The van der Waals surface area contributed by atoms with Crippen molar-refractivity contribution in [3.05, 3.63) is 35.9 Å². The Labute approximate surface area is 86.3 Å². The highest BCUT2D eigenvalue weighted by Gasteiger charge is 2.50. The van der Waals surface area contributed by atoms with Gasteiger partial charge in [0.2, 0.25) is 0 Å². The molecule has 0 saturated heterocycles. The fourth-order valence-electron chi connectivity index (χ4n) is 2.50. The summed E-state index contributed by atoms with van der Waals surface area (Å²) in [6, 6.07) is 11.0. The van der Waals surface area contributed by atoms with E-state index < -0.39 is 0 Å². The van der Waals surface area contributed by atoms with Crippen LogP contribution in [0.5, 0.6) is 0 Å². The van der Waals surface area contributed by atoms with E-state index in [0.717, 1.165) is 0 Å². The van der Waals surface area contributed by atoms with Crippen LogP contribution in [0.1, 0.15) is 38.2 Å². The van der Waals surface area contributed by atoms with E-state index in [1.807, 2.05) is 0 Å². The Morgan fingerprint density at radius 3 is 2.14 bits per heavy atom. The summed E-state index contributed by atoms with van der Waals surface area (Å²) >= 11 is 0. The molecule has 2 N–H and O–H groups in total. The topological polar surface area (TPSA) is 26.0 Å². The van der Waals surface area contributed by atoms with Crippen LogP contribution in [0.25, 0.3) is 0 Å². The molecule has 1 aliphatic rings. The first-order valence-electron chi connectivity index (χ1n) is 5.47. The Kier molecular flexibility index (Phi) is 2.36. The Bertz CT molecular complexity index is 298. The Balaban J connectivity index is 2.21. The predicted octanol–water partition coefficient (Wildman–Crippen LogP) is 2.92. The largest absolute Gasteiger partial charge is 0.327 e. The molecule has 0 bridgehead atoms. The first kappa shape index (κ1) is 9.72. The minimum atomic E-state index is 0.317. The van der Waals surface area contributed by atoms with Gasteiger partial charge in [-0.1, -0.05) is 37.3 Å². The molecule has 2 atom stereocenters. The first-order valence-corrected chi connectivity index (χ1v) is 5.47. The van der Waals surface area contributed by atoms with Crippen LogP contribution in [0, 0.1) is 5.41 Å². The van der Waals surface area contributed by atoms with Crippen LogP contribution < -0.4 is 5.73 Å². The van der Waals surface area contributed by atoms with E-state index in [2.05, 4.69) is 44.2 Å². The lowest BCUT2D eigenvalue weighted by Gasteiger charge is -2.27. The maximum atomic E-state index is 6.07. The van der Waals surface area contributed by atoms with Crippen LogP contribution in [-0.4, -0.2) is 6.04 Å². The molecule has 0 amide bonds. The monoisotopic (exact) mass is 189 g/mol. The van der Waals surface area contributed by atoms with Crippen LogP contribution in [0.15, 0.2) is 30.3 Å². The fraction of sp³-hybridized carbons (Fsp3) is 0.538. The molecule has 2 unspecified atom stereocenters. The van der Waals surface area contributed by atoms with Crippen LogP contribution in [0.3, 0.4) is 0 Å². The summed E-state index contributed by atoms with van der Waals surface area (Å²) in [7, 11) is 0. The molecule has 1 heteroatoms. The fourth-order valence-corrected chi connectivity index (χ4v) is 2.50. The summed E-state index contributed by atoms with van der Waals surface area (Å²) in [5.74, 6) is 0.601. The SMILES string of the molecule is CC(N)C1(C(C)c2ccccc2)CC1. The van der Waals surface area contributed by atoms with Crippen molar-refractivity contribution in [1.82, 2.24) is 0 Å². The zero-order chi connectivity index (χ0) is 10.2. The van der Waals surface area contributed by atoms with Gasteiger partial charge in [-0.15, -0.1) is 0 Å². The second-order valence-corrected chi connectivity index (χ2v) is 4.65. The summed E-state index contributed by atoms with van der Waals surface area (Å²) in [5, 5.41) is 0. The molecule has 1 saturated carbocycles. The van der Waals surface area contributed by atoms with Crippen LogP contribution in [0.2, 0.25) is 0 Å². The number of hydrogen-bond donors (Lipinski definition) is 1. The van der Waals surface area contributed by atoms with E-state index in [1.54, 1.807) is 0 Å². The maximum absolute atomic E-state index is 6.07. The van der Waals surface area contributed by atoms with Gasteiger partial charge in [-0.05, 0) is 36.7 Å². The number of benzene rings is 1. The normalized spacial score (nSPS) is 22.8. The third-order valence-corrected chi connectivity index (χ3v) is 3.90. The molecule has 0 aliphatic heterocycles. The second-order valence-electron chi connectivity index (χ2n) is 4.65. The lowest BCUT2D eigenvalue weighted by Crippen LogP contribution is -2.32. The highest BCUT2D eigenvalue weighted by molar-refractivity contribution is 5.25. The van der Waals surface area contributed by atoms with E-state index in [1.165, 1.54) is 18.4 Å². The van der Waals surface area contributed by atoms with Crippen molar-refractivity contribution in [2.75, 3.05) is 0 Å².